The molecule has 3 N–H and O–H groups in total. The van der Waals surface area contributed by atoms with Gasteiger partial charge in [-0.25, -0.2) is 0 Å². The summed E-state index contributed by atoms with van der Waals surface area (Å²) in [5.41, 5.74) is 10.3. The lowest BCUT2D eigenvalue weighted by Gasteiger charge is -2.02. The summed E-state index contributed by atoms with van der Waals surface area (Å²) in [4.78, 5) is 3.29. The molecule has 2 heterocycles. The number of benzene rings is 1. The number of aromatic nitrogens is 2. The summed E-state index contributed by atoms with van der Waals surface area (Å²) < 4.78 is 2.18. The van der Waals surface area contributed by atoms with E-state index in [1.807, 2.05) is 30.5 Å². The molecule has 0 aliphatic rings. The van der Waals surface area contributed by atoms with Gasteiger partial charge in [-0.1, -0.05) is 24.8 Å². The maximum absolute atomic E-state index is 5.73. The summed E-state index contributed by atoms with van der Waals surface area (Å²) in [6.07, 6.45) is 8.15. The van der Waals surface area contributed by atoms with Crippen LogP contribution in [0.5, 0.6) is 0 Å². The van der Waals surface area contributed by atoms with E-state index in [4.69, 9.17) is 5.73 Å². The second-order valence-electron chi connectivity index (χ2n) is 5.14. The van der Waals surface area contributed by atoms with Gasteiger partial charge in [0.2, 0.25) is 11.4 Å². The number of nitrogens with two attached hydrogens (primary N) is 1. The van der Waals surface area contributed by atoms with Crippen molar-refractivity contribution < 1.29 is 4.57 Å². The second-order valence-corrected chi connectivity index (χ2v) is 5.14. The van der Waals surface area contributed by atoms with Gasteiger partial charge < -0.3 is 10.7 Å². The van der Waals surface area contributed by atoms with E-state index in [9.17, 15) is 0 Å². The van der Waals surface area contributed by atoms with E-state index < -0.39 is 0 Å². The number of pyridine rings is 1. The molecule has 0 saturated heterocycles. The minimum Gasteiger partial charge on any atom is -0.361 e. The van der Waals surface area contributed by atoms with E-state index in [-0.39, 0.29) is 0 Å². The molecule has 0 atom stereocenters. The Morgan fingerprint density at radius 1 is 1.05 bits per heavy atom. The molecule has 2 aromatic heterocycles. The molecule has 3 rings (SSSR count). The molecule has 0 aliphatic heterocycles. The van der Waals surface area contributed by atoms with Gasteiger partial charge in [-0.15, -0.1) is 0 Å². The summed E-state index contributed by atoms with van der Waals surface area (Å²) in [7, 11) is 0. The van der Waals surface area contributed by atoms with Crippen LogP contribution in [0.3, 0.4) is 0 Å². The number of rotatable bonds is 5. The molecule has 0 saturated carbocycles. The van der Waals surface area contributed by atoms with Crippen LogP contribution in [-0.4, -0.2) is 11.5 Å². The highest BCUT2D eigenvalue weighted by Gasteiger charge is 2.11. The molecule has 3 nitrogen and oxygen atoms in total. The average molecular weight is 290 g/mol. The van der Waals surface area contributed by atoms with E-state index >= 15 is 0 Å². The number of nitrogens with one attached hydrogen (secondary N) is 1. The quantitative estimate of drug-likeness (QED) is 0.696. The summed E-state index contributed by atoms with van der Waals surface area (Å²) in [6.45, 7) is 5.25. The Balaban J connectivity index is 2.00. The number of hydrogen-bond acceptors (Lipinski definition) is 1. The summed E-state index contributed by atoms with van der Waals surface area (Å²) >= 11 is 0. The zero-order valence-corrected chi connectivity index (χ0v) is 12.5. The lowest BCUT2D eigenvalue weighted by atomic mass is 10.1. The minimum absolute atomic E-state index is 0.601. The molecule has 3 aromatic rings. The molecule has 0 spiro atoms. The van der Waals surface area contributed by atoms with Crippen molar-refractivity contribution in [3.8, 4) is 0 Å². The molecule has 22 heavy (non-hydrogen) atoms. The average Bonchev–Trinajstić information content (AvgIpc) is 2.97. The minimum atomic E-state index is 0.601. The molecular formula is C19H20N3+. The van der Waals surface area contributed by atoms with Crippen molar-refractivity contribution in [2.45, 2.75) is 6.54 Å². The lowest BCUT2D eigenvalue weighted by Crippen LogP contribution is -2.43. The molecular weight excluding hydrogens is 270 g/mol. The molecule has 0 radical (unpaired) electrons. The van der Waals surface area contributed by atoms with E-state index in [0.29, 0.717) is 6.54 Å². The van der Waals surface area contributed by atoms with Gasteiger partial charge in [-0.05, 0) is 23.8 Å². The number of aromatic amines is 1. The highest BCUT2D eigenvalue weighted by molar-refractivity contribution is 5.91. The fraction of sp³-hybridized carbons (Fsp3) is 0.105. The second kappa shape index (κ2) is 6.41. The topological polar surface area (TPSA) is 45.7 Å². The molecule has 110 valence electrons. The third-order valence-corrected chi connectivity index (χ3v) is 3.77. The number of para-hydroxylation sites is 1. The first-order valence-corrected chi connectivity index (χ1v) is 7.43. The van der Waals surface area contributed by atoms with Crippen molar-refractivity contribution in [3.05, 3.63) is 72.2 Å². The van der Waals surface area contributed by atoms with Crippen molar-refractivity contribution in [2.75, 3.05) is 6.54 Å². The van der Waals surface area contributed by atoms with Crippen molar-refractivity contribution in [1.29, 1.82) is 0 Å². The molecule has 0 fully saturated rings. The largest absolute Gasteiger partial charge is 0.361 e. The van der Waals surface area contributed by atoms with Gasteiger partial charge in [0.15, 0.2) is 6.54 Å². The molecule has 0 aliphatic carbocycles. The Hall–Kier alpha value is -2.65. The van der Waals surface area contributed by atoms with Gasteiger partial charge in [0.25, 0.3) is 0 Å². The van der Waals surface area contributed by atoms with Crippen molar-refractivity contribution in [3.63, 3.8) is 0 Å². The predicted octanol–water partition coefficient (Wildman–Crippen LogP) is 3.23. The van der Waals surface area contributed by atoms with Gasteiger partial charge in [0.05, 0.1) is 6.54 Å². The standard InChI is InChI=1S/C19H19N3/c1-2-16-6-5-7-17(22(16)13-12-20)11-10-15-14-21-19-9-4-3-8-18(15)19/h2-11,14H,1,12-13,20H2/p+1. The van der Waals surface area contributed by atoms with Crippen LogP contribution >= 0.6 is 0 Å². The maximum atomic E-state index is 5.73. The van der Waals surface area contributed by atoms with Crippen LogP contribution < -0.4 is 10.3 Å². The summed E-state index contributed by atoms with van der Waals surface area (Å²) in [5, 5.41) is 1.23. The monoisotopic (exact) mass is 290 g/mol. The van der Waals surface area contributed by atoms with E-state index in [1.165, 1.54) is 10.9 Å². The predicted molar refractivity (Wildman–Crippen MR) is 93.0 cm³/mol. The number of H-pyrrole nitrogens is 1. The number of hydrogen-bond donors (Lipinski definition) is 2. The molecule has 0 unspecified atom stereocenters. The highest BCUT2D eigenvalue weighted by Crippen LogP contribution is 2.19. The zero-order chi connectivity index (χ0) is 15.4. The summed E-state index contributed by atoms with van der Waals surface area (Å²) in [6, 6.07) is 14.5. The molecule has 0 amide bonds. The fourth-order valence-electron chi connectivity index (χ4n) is 2.69. The van der Waals surface area contributed by atoms with E-state index in [1.54, 1.807) is 0 Å². The smallest absolute Gasteiger partial charge is 0.205 e. The first-order valence-electron chi connectivity index (χ1n) is 7.43. The van der Waals surface area contributed by atoms with Crippen LogP contribution in [0.25, 0.3) is 29.1 Å². The lowest BCUT2D eigenvalue weighted by molar-refractivity contribution is -0.697. The Morgan fingerprint density at radius 3 is 2.68 bits per heavy atom. The third kappa shape index (κ3) is 2.71. The van der Waals surface area contributed by atoms with Crippen LogP contribution in [0, 0.1) is 0 Å². The first kappa shape index (κ1) is 14.3. The molecule has 3 heteroatoms. The van der Waals surface area contributed by atoms with Crippen LogP contribution in [0.1, 0.15) is 17.0 Å². The number of fused-ring (bicyclic) bond motifs is 1. The fourth-order valence-corrected chi connectivity index (χ4v) is 2.69. The van der Waals surface area contributed by atoms with Crippen LogP contribution in [0.2, 0.25) is 0 Å². The Bertz CT molecular complexity index is 828. The number of nitrogens with zero attached hydrogens (tertiary/aromatic N) is 1. The van der Waals surface area contributed by atoms with Crippen LogP contribution in [-0.2, 0) is 6.54 Å². The Labute approximate surface area is 130 Å². The van der Waals surface area contributed by atoms with Gasteiger partial charge in [-0.3, -0.25) is 0 Å². The highest BCUT2D eigenvalue weighted by atomic mass is 15.0. The van der Waals surface area contributed by atoms with Crippen molar-refractivity contribution in [2.24, 2.45) is 5.73 Å². The SMILES string of the molecule is C=Cc1cccc(/C=C/c2c[nH]c3ccccc23)[n+]1CCN. The van der Waals surface area contributed by atoms with Crippen molar-refractivity contribution in [1.82, 2.24) is 4.98 Å². The van der Waals surface area contributed by atoms with Gasteiger partial charge in [0.1, 0.15) is 0 Å². The third-order valence-electron chi connectivity index (χ3n) is 3.77. The van der Waals surface area contributed by atoms with E-state index in [0.717, 1.165) is 23.4 Å². The van der Waals surface area contributed by atoms with Crippen LogP contribution in [0.4, 0.5) is 0 Å². The normalized spacial score (nSPS) is 11.3. The molecule has 1 aromatic carbocycles. The van der Waals surface area contributed by atoms with Crippen molar-refractivity contribution >= 4 is 29.1 Å². The first-order chi connectivity index (χ1) is 10.8. The Morgan fingerprint density at radius 2 is 1.86 bits per heavy atom. The van der Waals surface area contributed by atoms with Gasteiger partial charge >= 0.3 is 0 Å². The van der Waals surface area contributed by atoms with Gasteiger partial charge in [0, 0.05) is 41.4 Å². The summed E-state index contributed by atoms with van der Waals surface area (Å²) in [5.74, 6) is 0. The van der Waals surface area contributed by atoms with E-state index in [2.05, 4.69) is 52.5 Å². The van der Waals surface area contributed by atoms with Crippen LogP contribution in [0.15, 0.2) is 55.2 Å². The zero-order valence-electron chi connectivity index (χ0n) is 12.5. The maximum Gasteiger partial charge on any atom is 0.205 e. The van der Waals surface area contributed by atoms with Gasteiger partial charge in [-0.2, -0.15) is 4.57 Å². The molecule has 0 bridgehead atoms. The Kier molecular flexibility index (Phi) is 4.17.